The van der Waals surface area contributed by atoms with Crippen LogP contribution in [-0.2, 0) is 28.1 Å². The Kier molecular flexibility index (Phi) is 4.24. The summed E-state index contributed by atoms with van der Waals surface area (Å²) in [7, 11) is 0. The molecule has 26 heavy (non-hydrogen) atoms. The standard InChI is InChI=1S/C20H28N4O2/c1-20(2,3)19-21-9-14-10-23(12-16(14)22-19)18(26)13-8-17(25)24(11-13)15-6-4-5-7-15/h9,13,15H,4-8,10-12H2,1-3H3. The Balaban J connectivity index is 1.44. The summed E-state index contributed by atoms with van der Waals surface area (Å²) in [6.45, 7) is 7.96. The molecular weight excluding hydrogens is 328 g/mol. The van der Waals surface area contributed by atoms with Gasteiger partial charge in [-0.3, -0.25) is 9.59 Å². The molecule has 3 heterocycles. The molecule has 0 spiro atoms. The zero-order chi connectivity index (χ0) is 18.5. The molecule has 6 nitrogen and oxygen atoms in total. The van der Waals surface area contributed by atoms with Crippen molar-refractivity contribution in [2.24, 2.45) is 5.92 Å². The summed E-state index contributed by atoms with van der Waals surface area (Å²) in [5.41, 5.74) is 1.88. The zero-order valence-electron chi connectivity index (χ0n) is 16.0. The lowest BCUT2D eigenvalue weighted by Crippen LogP contribution is -2.37. The van der Waals surface area contributed by atoms with Crippen molar-refractivity contribution in [2.75, 3.05) is 6.54 Å². The number of likely N-dealkylation sites (tertiary alicyclic amines) is 1. The molecular formula is C20H28N4O2. The fourth-order valence-corrected chi connectivity index (χ4v) is 4.39. The predicted molar refractivity (Wildman–Crippen MR) is 97.1 cm³/mol. The highest BCUT2D eigenvalue weighted by Crippen LogP contribution is 2.32. The van der Waals surface area contributed by atoms with Crippen LogP contribution in [-0.4, -0.2) is 44.2 Å². The molecule has 2 fully saturated rings. The summed E-state index contributed by atoms with van der Waals surface area (Å²) in [5.74, 6) is 0.859. The van der Waals surface area contributed by atoms with Crippen LogP contribution in [0.1, 0.15) is 70.0 Å². The van der Waals surface area contributed by atoms with Gasteiger partial charge in [0, 0.05) is 42.7 Å². The second-order valence-electron chi connectivity index (χ2n) is 9.00. The van der Waals surface area contributed by atoms with E-state index < -0.39 is 0 Å². The molecule has 0 bridgehead atoms. The molecule has 1 aromatic rings. The van der Waals surface area contributed by atoms with Crippen molar-refractivity contribution in [3.05, 3.63) is 23.3 Å². The van der Waals surface area contributed by atoms with Gasteiger partial charge in [-0.15, -0.1) is 0 Å². The lowest BCUT2D eigenvalue weighted by Gasteiger charge is -2.25. The molecule has 0 N–H and O–H groups in total. The monoisotopic (exact) mass is 356 g/mol. The minimum absolute atomic E-state index is 0.0918. The van der Waals surface area contributed by atoms with Crippen molar-refractivity contribution in [1.29, 1.82) is 0 Å². The number of hydrogen-bond acceptors (Lipinski definition) is 4. The molecule has 0 radical (unpaired) electrons. The van der Waals surface area contributed by atoms with Gasteiger partial charge in [-0.25, -0.2) is 9.97 Å². The number of amides is 2. The van der Waals surface area contributed by atoms with Crippen LogP contribution in [0.25, 0.3) is 0 Å². The van der Waals surface area contributed by atoms with Gasteiger partial charge in [-0.1, -0.05) is 33.6 Å². The third kappa shape index (κ3) is 3.10. The highest BCUT2D eigenvalue weighted by Gasteiger charge is 2.41. The fourth-order valence-electron chi connectivity index (χ4n) is 4.39. The van der Waals surface area contributed by atoms with Crippen LogP contribution in [0.3, 0.4) is 0 Å². The third-order valence-corrected chi connectivity index (χ3v) is 5.91. The second kappa shape index (κ2) is 6.32. The second-order valence-corrected chi connectivity index (χ2v) is 9.00. The molecule has 1 aliphatic carbocycles. The van der Waals surface area contributed by atoms with E-state index in [0.29, 0.717) is 32.1 Å². The Bertz CT molecular complexity index is 734. The summed E-state index contributed by atoms with van der Waals surface area (Å²) in [6, 6.07) is 0.358. The van der Waals surface area contributed by atoms with Crippen LogP contribution in [0.2, 0.25) is 0 Å². The molecule has 6 heteroatoms. The summed E-state index contributed by atoms with van der Waals surface area (Å²) < 4.78 is 0. The largest absolute Gasteiger partial charge is 0.339 e. The number of hydrogen-bond donors (Lipinski definition) is 0. The van der Waals surface area contributed by atoms with Crippen LogP contribution in [0, 0.1) is 5.92 Å². The molecule has 140 valence electrons. The van der Waals surface area contributed by atoms with Gasteiger partial charge in [0.05, 0.1) is 18.2 Å². The fraction of sp³-hybridized carbons (Fsp3) is 0.700. The van der Waals surface area contributed by atoms with Gasteiger partial charge in [-0.2, -0.15) is 0 Å². The molecule has 3 aliphatic rings. The van der Waals surface area contributed by atoms with Gasteiger partial charge in [0.25, 0.3) is 0 Å². The van der Waals surface area contributed by atoms with E-state index in [4.69, 9.17) is 4.98 Å². The van der Waals surface area contributed by atoms with Gasteiger partial charge in [0.1, 0.15) is 5.82 Å². The van der Waals surface area contributed by atoms with Crippen LogP contribution in [0.5, 0.6) is 0 Å². The van der Waals surface area contributed by atoms with E-state index in [-0.39, 0.29) is 23.1 Å². The van der Waals surface area contributed by atoms with Gasteiger partial charge < -0.3 is 9.80 Å². The van der Waals surface area contributed by atoms with Gasteiger partial charge in [-0.05, 0) is 12.8 Å². The maximum Gasteiger partial charge on any atom is 0.228 e. The first-order valence-corrected chi connectivity index (χ1v) is 9.76. The molecule has 1 aromatic heterocycles. The van der Waals surface area contributed by atoms with Crippen molar-refractivity contribution >= 4 is 11.8 Å². The lowest BCUT2D eigenvalue weighted by molar-refractivity contribution is -0.136. The quantitative estimate of drug-likeness (QED) is 0.816. The maximum absolute atomic E-state index is 13.0. The van der Waals surface area contributed by atoms with Crippen LogP contribution in [0.15, 0.2) is 6.20 Å². The number of carbonyl (C=O) groups is 2. The van der Waals surface area contributed by atoms with E-state index in [1.807, 2.05) is 16.0 Å². The first kappa shape index (κ1) is 17.4. The Morgan fingerprint density at radius 2 is 1.92 bits per heavy atom. The summed E-state index contributed by atoms with van der Waals surface area (Å²) >= 11 is 0. The van der Waals surface area contributed by atoms with E-state index in [9.17, 15) is 9.59 Å². The van der Waals surface area contributed by atoms with Crippen molar-refractivity contribution < 1.29 is 9.59 Å². The molecule has 1 atom stereocenters. The third-order valence-electron chi connectivity index (χ3n) is 5.91. The summed E-state index contributed by atoms with van der Waals surface area (Å²) in [5, 5.41) is 0. The number of nitrogens with zero attached hydrogens (tertiary/aromatic N) is 4. The van der Waals surface area contributed by atoms with Crippen molar-refractivity contribution in [3.63, 3.8) is 0 Å². The average Bonchev–Trinajstić information content (AvgIpc) is 3.31. The molecule has 1 saturated carbocycles. The van der Waals surface area contributed by atoms with E-state index in [2.05, 4.69) is 25.8 Å². The van der Waals surface area contributed by atoms with E-state index in [1.165, 1.54) is 12.8 Å². The van der Waals surface area contributed by atoms with Gasteiger partial charge in [0.15, 0.2) is 0 Å². The maximum atomic E-state index is 13.0. The first-order chi connectivity index (χ1) is 12.3. The Hall–Kier alpha value is -1.98. The van der Waals surface area contributed by atoms with E-state index in [1.54, 1.807) is 0 Å². The predicted octanol–water partition coefficient (Wildman–Crippen LogP) is 2.41. The summed E-state index contributed by atoms with van der Waals surface area (Å²) in [6.07, 6.45) is 6.80. The van der Waals surface area contributed by atoms with Crippen molar-refractivity contribution in [2.45, 2.75) is 77.4 Å². The van der Waals surface area contributed by atoms with Crippen molar-refractivity contribution in [3.8, 4) is 0 Å². The lowest BCUT2D eigenvalue weighted by atomic mass is 9.95. The molecule has 0 aromatic carbocycles. The number of carbonyl (C=O) groups excluding carboxylic acids is 2. The minimum Gasteiger partial charge on any atom is -0.339 e. The Morgan fingerprint density at radius 3 is 2.62 bits per heavy atom. The molecule has 2 amide bonds. The molecule has 1 saturated heterocycles. The zero-order valence-corrected chi connectivity index (χ0v) is 16.0. The highest BCUT2D eigenvalue weighted by molar-refractivity contribution is 5.89. The van der Waals surface area contributed by atoms with E-state index >= 15 is 0 Å². The van der Waals surface area contributed by atoms with E-state index in [0.717, 1.165) is 29.9 Å². The molecule has 1 unspecified atom stereocenters. The first-order valence-electron chi connectivity index (χ1n) is 9.76. The van der Waals surface area contributed by atoms with Crippen molar-refractivity contribution in [1.82, 2.24) is 19.8 Å². The number of fused-ring (bicyclic) bond motifs is 1. The number of aromatic nitrogens is 2. The Morgan fingerprint density at radius 1 is 1.19 bits per heavy atom. The van der Waals surface area contributed by atoms with Gasteiger partial charge in [0.2, 0.25) is 11.8 Å². The molecule has 4 rings (SSSR count). The highest BCUT2D eigenvalue weighted by atomic mass is 16.2. The minimum atomic E-state index is -0.201. The smallest absolute Gasteiger partial charge is 0.228 e. The van der Waals surface area contributed by atoms with Gasteiger partial charge >= 0.3 is 0 Å². The average molecular weight is 356 g/mol. The number of rotatable bonds is 2. The topological polar surface area (TPSA) is 66.4 Å². The summed E-state index contributed by atoms with van der Waals surface area (Å²) in [4.78, 5) is 38.4. The normalized spacial score (nSPS) is 23.8. The van der Waals surface area contributed by atoms with Crippen LogP contribution >= 0.6 is 0 Å². The Labute approximate surface area is 155 Å². The SMILES string of the molecule is CC(C)(C)c1ncc2c(n1)CN(C(=O)C1CC(=O)N(C3CCCC3)C1)C2. The van der Waals surface area contributed by atoms with Crippen LogP contribution in [0.4, 0.5) is 0 Å². The molecule has 2 aliphatic heterocycles. The van der Waals surface area contributed by atoms with Crippen LogP contribution < -0.4 is 0 Å².